The van der Waals surface area contributed by atoms with E-state index < -0.39 is 0 Å². The van der Waals surface area contributed by atoms with Gasteiger partial charge in [-0.1, -0.05) is 158 Å². The summed E-state index contributed by atoms with van der Waals surface area (Å²) >= 11 is 0. The van der Waals surface area contributed by atoms with Crippen molar-refractivity contribution >= 4 is 82.1 Å². The molecule has 11 rings (SSSR count). The summed E-state index contributed by atoms with van der Waals surface area (Å²) in [4.78, 5) is 2.39. The van der Waals surface area contributed by atoms with Gasteiger partial charge in [-0.25, -0.2) is 0 Å². The van der Waals surface area contributed by atoms with Crippen LogP contribution in [-0.2, 0) is 0 Å². The average molecular weight is 688 g/mol. The van der Waals surface area contributed by atoms with E-state index in [2.05, 4.69) is 193 Å². The number of anilines is 3. The Labute approximate surface area is 312 Å². The number of nitrogens with zero attached hydrogens (tertiary/aromatic N) is 1. The van der Waals surface area contributed by atoms with Gasteiger partial charge >= 0.3 is 0 Å². The fraction of sp³-hybridized carbons (Fsp3) is 0. The molecule has 10 aromatic carbocycles. The normalized spacial score (nSPS) is 11.7. The van der Waals surface area contributed by atoms with Crippen molar-refractivity contribution in [3.63, 3.8) is 0 Å². The van der Waals surface area contributed by atoms with Crippen LogP contribution in [0.5, 0.6) is 0 Å². The second-order valence-corrected chi connectivity index (χ2v) is 14.1. The summed E-state index contributed by atoms with van der Waals surface area (Å²) in [6, 6.07) is 72.3. The lowest BCUT2D eigenvalue weighted by Gasteiger charge is -2.27. The number of hydrogen-bond donors (Lipinski definition) is 0. The minimum atomic E-state index is 0.908. The van der Waals surface area contributed by atoms with Crippen LogP contribution in [0.1, 0.15) is 0 Å². The van der Waals surface area contributed by atoms with Crippen LogP contribution in [0.4, 0.5) is 17.1 Å². The number of para-hydroxylation sites is 2. The van der Waals surface area contributed by atoms with Crippen LogP contribution in [0, 0.1) is 0 Å². The summed E-state index contributed by atoms with van der Waals surface area (Å²) in [6.45, 7) is 0. The van der Waals surface area contributed by atoms with Crippen molar-refractivity contribution < 1.29 is 4.42 Å². The molecule has 0 unspecified atom stereocenters. The Kier molecular flexibility index (Phi) is 6.90. The predicted octanol–water partition coefficient (Wildman–Crippen LogP) is 15.0. The summed E-state index contributed by atoms with van der Waals surface area (Å²) < 4.78 is 6.44. The maximum Gasteiger partial charge on any atom is 0.143 e. The third-order valence-electron chi connectivity index (χ3n) is 11.0. The average Bonchev–Trinajstić information content (AvgIpc) is 3.63. The molecule has 1 aromatic heterocycles. The number of furan rings is 1. The van der Waals surface area contributed by atoms with Crippen LogP contribution in [0.3, 0.4) is 0 Å². The molecule has 2 heteroatoms. The SMILES string of the molecule is c1cc(-c2cccc3ccccc23)cc(N(c2ccc(-c3cccc4c3oc3ccccc34)cc2)c2ccc3c4ccccc4c4ccccc4c3c2)c1. The molecule has 0 aliphatic heterocycles. The smallest absolute Gasteiger partial charge is 0.143 e. The van der Waals surface area contributed by atoms with Crippen molar-refractivity contribution in [3.05, 3.63) is 200 Å². The third-order valence-corrected chi connectivity index (χ3v) is 11.0. The van der Waals surface area contributed by atoms with Crippen molar-refractivity contribution in [1.29, 1.82) is 0 Å². The molecule has 1 heterocycles. The fourth-order valence-electron chi connectivity index (χ4n) is 8.54. The third kappa shape index (κ3) is 4.81. The van der Waals surface area contributed by atoms with Gasteiger partial charge in [0.2, 0.25) is 0 Å². The lowest BCUT2D eigenvalue weighted by Crippen LogP contribution is -2.10. The van der Waals surface area contributed by atoms with Crippen molar-refractivity contribution in [2.24, 2.45) is 0 Å². The molecular weight excluding hydrogens is 655 g/mol. The molecule has 0 saturated heterocycles. The second kappa shape index (κ2) is 12.2. The van der Waals surface area contributed by atoms with Gasteiger partial charge in [-0.3, -0.25) is 0 Å². The molecule has 0 aliphatic carbocycles. The summed E-state index contributed by atoms with van der Waals surface area (Å²) in [5.41, 5.74) is 9.70. The van der Waals surface area contributed by atoms with Gasteiger partial charge in [0.05, 0.1) is 0 Å². The van der Waals surface area contributed by atoms with Gasteiger partial charge in [0.25, 0.3) is 0 Å². The van der Waals surface area contributed by atoms with E-state index in [0.717, 1.165) is 50.1 Å². The maximum absolute atomic E-state index is 6.44. The Bertz CT molecular complexity index is 3190. The van der Waals surface area contributed by atoms with Crippen LogP contribution < -0.4 is 4.90 Å². The first kappa shape index (κ1) is 30.5. The highest BCUT2D eigenvalue weighted by Gasteiger charge is 2.18. The van der Waals surface area contributed by atoms with E-state index in [4.69, 9.17) is 4.42 Å². The van der Waals surface area contributed by atoms with E-state index in [0.29, 0.717) is 0 Å². The monoisotopic (exact) mass is 687 g/mol. The molecule has 0 radical (unpaired) electrons. The van der Waals surface area contributed by atoms with E-state index in [1.54, 1.807) is 0 Å². The lowest BCUT2D eigenvalue weighted by atomic mass is 9.93. The molecule has 0 atom stereocenters. The molecule has 0 N–H and O–H groups in total. The van der Waals surface area contributed by atoms with Crippen LogP contribution in [0.2, 0.25) is 0 Å². The summed E-state index contributed by atoms with van der Waals surface area (Å²) in [6.07, 6.45) is 0. The van der Waals surface area contributed by atoms with Crippen LogP contribution in [-0.4, -0.2) is 0 Å². The highest BCUT2D eigenvalue weighted by Crippen LogP contribution is 2.43. The topological polar surface area (TPSA) is 16.4 Å². The molecule has 0 saturated carbocycles. The highest BCUT2D eigenvalue weighted by molar-refractivity contribution is 6.25. The second-order valence-electron chi connectivity index (χ2n) is 14.1. The molecular formula is C52H33NO. The zero-order chi connectivity index (χ0) is 35.6. The molecule has 0 bridgehead atoms. The number of rotatable bonds is 5. The summed E-state index contributed by atoms with van der Waals surface area (Å²) in [7, 11) is 0. The Morgan fingerprint density at radius 1 is 0.296 bits per heavy atom. The van der Waals surface area contributed by atoms with Gasteiger partial charge in [0.15, 0.2) is 0 Å². The first-order valence-corrected chi connectivity index (χ1v) is 18.5. The maximum atomic E-state index is 6.44. The van der Waals surface area contributed by atoms with Crippen molar-refractivity contribution in [2.75, 3.05) is 4.90 Å². The molecule has 0 fully saturated rings. The van der Waals surface area contributed by atoms with Crippen LogP contribution >= 0.6 is 0 Å². The zero-order valence-corrected chi connectivity index (χ0v) is 29.4. The van der Waals surface area contributed by atoms with E-state index in [1.165, 1.54) is 54.2 Å². The molecule has 2 nitrogen and oxygen atoms in total. The Balaban J connectivity index is 1.11. The molecule has 0 spiro atoms. The number of fused-ring (bicyclic) bond motifs is 10. The summed E-state index contributed by atoms with van der Waals surface area (Å²) in [5, 5.41) is 12.3. The Hall–Kier alpha value is -7.16. The molecule has 11 aromatic rings. The fourth-order valence-corrected chi connectivity index (χ4v) is 8.54. The van der Waals surface area contributed by atoms with E-state index in [9.17, 15) is 0 Å². The van der Waals surface area contributed by atoms with Crippen molar-refractivity contribution in [1.82, 2.24) is 0 Å². The van der Waals surface area contributed by atoms with Gasteiger partial charge in [-0.05, 0) is 102 Å². The molecule has 252 valence electrons. The van der Waals surface area contributed by atoms with E-state index in [1.807, 2.05) is 12.1 Å². The first-order valence-electron chi connectivity index (χ1n) is 18.5. The quantitative estimate of drug-likeness (QED) is 0.168. The van der Waals surface area contributed by atoms with Crippen molar-refractivity contribution in [3.8, 4) is 22.3 Å². The molecule has 54 heavy (non-hydrogen) atoms. The van der Waals surface area contributed by atoms with Gasteiger partial charge in [0.1, 0.15) is 11.2 Å². The highest BCUT2D eigenvalue weighted by atomic mass is 16.3. The largest absolute Gasteiger partial charge is 0.455 e. The minimum absolute atomic E-state index is 0.908. The number of benzene rings is 10. The van der Waals surface area contributed by atoms with E-state index in [-0.39, 0.29) is 0 Å². The van der Waals surface area contributed by atoms with Crippen LogP contribution in [0.15, 0.2) is 205 Å². The Morgan fingerprint density at radius 3 is 1.61 bits per heavy atom. The number of hydrogen-bond acceptors (Lipinski definition) is 2. The van der Waals surface area contributed by atoms with E-state index >= 15 is 0 Å². The van der Waals surface area contributed by atoms with Crippen LogP contribution in [0.25, 0.3) is 87.3 Å². The molecule has 0 aliphatic rings. The lowest BCUT2D eigenvalue weighted by molar-refractivity contribution is 0.670. The van der Waals surface area contributed by atoms with Gasteiger partial charge in [-0.2, -0.15) is 0 Å². The standard InChI is InChI=1S/C52H33NO/c1-2-16-40-34(12-1)13-10-22-41(40)36-14-9-15-38(32-36)53(39-30-31-47-45-19-4-3-17-43(45)44-18-5-6-20-46(44)50(47)33-39)37-28-26-35(27-29-37)42-23-11-24-49-48-21-7-8-25-51(48)54-52(42)49/h1-33H. The van der Waals surface area contributed by atoms with Gasteiger partial charge in [-0.15, -0.1) is 0 Å². The van der Waals surface area contributed by atoms with Gasteiger partial charge < -0.3 is 9.32 Å². The summed E-state index contributed by atoms with van der Waals surface area (Å²) in [5.74, 6) is 0. The Morgan fingerprint density at radius 2 is 0.833 bits per heavy atom. The minimum Gasteiger partial charge on any atom is -0.455 e. The molecule has 0 amide bonds. The zero-order valence-electron chi connectivity index (χ0n) is 29.4. The van der Waals surface area contributed by atoms with Crippen molar-refractivity contribution in [2.45, 2.75) is 0 Å². The van der Waals surface area contributed by atoms with Gasteiger partial charge in [0, 0.05) is 33.4 Å². The predicted molar refractivity (Wildman–Crippen MR) is 229 cm³/mol. The first-order chi connectivity index (χ1) is 26.8.